The Hall–Kier alpha value is -1.65. The molecule has 0 aliphatic carbocycles. The molecule has 1 aromatic heterocycles. The highest BCUT2D eigenvalue weighted by atomic mass is 16.3. The summed E-state index contributed by atoms with van der Waals surface area (Å²) in [5, 5.41) is 12.1. The van der Waals surface area contributed by atoms with Crippen LogP contribution in [-0.4, -0.2) is 27.0 Å². The minimum atomic E-state index is -0.365. The lowest BCUT2D eigenvalue weighted by atomic mass is 10.2. The maximum absolute atomic E-state index is 11.6. The van der Waals surface area contributed by atoms with Crippen molar-refractivity contribution in [3.63, 3.8) is 0 Å². The Morgan fingerprint density at radius 3 is 3.00 bits per heavy atom. The molecule has 5 nitrogen and oxygen atoms in total. The van der Waals surface area contributed by atoms with E-state index < -0.39 is 0 Å². The zero-order chi connectivity index (χ0) is 11.3. The number of carbonyl (C=O) groups excluding carboxylic acids is 1. The van der Waals surface area contributed by atoms with Crippen LogP contribution in [0.2, 0.25) is 0 Å². The molecule has 0 aliphatic rings. The molecule has 0 saturated carbocycles. The molecule has 0 radical (unpaired) electrons. The standard InChI is InChI=1S/C10H15N3O2/c1-3-4-7(2)13-10(15)9-8(14)5-11-6-12-9/h5-7,14H,3-4H2,1-2H3,(H,13,15). The maximum atomic E-state index is 11.6. The van der Waals surface area contributed by atoms with Gasteiger partial charge < -0.3 is 10.4 Å². The van der Waals surface area contributed by atoms with Gasteiger partial charge in [-0.2, -0.15) is 0 Å². The van der Waals surface area contributed by atoms with Crippen molar-refractivity contribution in [2.75, 3.05) is 0 Å². The van der Waals surface area contributed by atoms with E-state index in [9.17, 15) is 9.90 Å². The molecule has 0 bridgehead atoms. The van der Waals surface area contributed by atoms with Gasteiger partial charge in [-0.15, -0.1) is 0 Å². The first kappa shape index (κ1) is 11.4. The highest BCUT2D eigenvalue weighted by Crippen LogP contribution is 2.10. The lowest BCUT2D eigenvalue weighted by Gasteiger charge is -2.12. The van der Waals surface area contributed by atoms with Gasteiger partial charge in [0, 0.05) is 6.04 Å². The molecule has 82 valence electrons. The molecule has 0 aliphatic heterocycles. The number of nitrogens with one attached hydrogen (secondary N) is 1. The van der Waals surface area contributed by atoms with Crippen LogP contribution in [0, 0.1) is 0 Å². The number of amides is 1. The largest absolute Gasteiger partial charge is 0.504 e. The molecular formula is C10H15N3O2. The van der Waals surface area contributed by atoms with E-state index >= 15 is 0 Å². The van der Waals surface area contributed by atoms with Crippen molar-refractivity contribution < 1.29 is 9.90 Å². The molecule has 2 N–H and O–H groups in total. The molecule has 15 heavy (non-hydrogen) atoms. The first-order chi connectivity index (χ1) is 7.15. The van der Waals surface area contributed by atoms with Gasteiger partial charge in [-0.25, -0.2) is 9.97 Å². The van der Waals surface area contributed by atoms with Gasteiger partial charge in [0.25, 0.3) is 5.91 Å². The molecule has 0 spiro atoms. The maximum Gasteiger partial charge on any atom is 0.274 e. The van der Waals surface area contributed by atoms with Gasteiger partial charge in [0.05, 0.1) is 6.20 Å². The summed E-state index contributed by atoms with van der Waals surface area (Å²) in [5.41, 5.74) is 0.0213. The summed E-state index contributed by atoms with van der Waals surface area (Å²) < 4.78 is 0. The lowest BCUT2D eigenvalue weighted by molar-refractivity contribution is 0.0930. The molecule has 1 atom stereocenters. The Morgan fingerprint density at radius 1 is 1.67 bits per heavy atom. The van der Waals surface area contributed by atoms with Crippen LogP contribution in [0.3, 0.4) is 0 Å². The highest BCUT2D eigenvalue weighted by Gasteiger charge is 2.14. The van der Waals surface area contributed by atoms with Gasteiger partial charge in [0.2, 0.25) is 0 Å². The molecular weight excluding hydrogens is 194 g/mol. The smallest absolute Gasteiger partial charge is 0.274 e. The molecule has 1 heterocycles. The fraction of sp³-hybridized carbons (Fsp3) is 0.500. The predicted octanol–water partition coefficient (Wildman–Crippen LogP) is 1.10. The fourth-order valence-corrected chi connectivity index (χ4v) is 1.29. The van der Waals surface area contributed by atoms with Crippen LogP contribution in [0.1, 0.15) is 37.2 Å². The van der Waals surface area contributed by atoms with E-state index in [0.717, 1.165) is 12.8 Å². The summed E-state index contributed by atoms with van der Waals surface area (Å²) in [4.78, 5) is 18.9. The van der Waals surface area contributed by atoms with Crippen molar-refractivity contribution in [3.05, 3.63) is 18.2 Å². The average Bonchev–Trinajstić information content (AvgIpc) is 2.18. The van der Waals surface area contributed by atoms with Gasteiger partial charge in [-0.05, 0) is 13.3 Å². The molecule has 1 rings (SSSR count). The molecule has 1 amide bonds. The second-order valence-electron chi connectivity index (χ2n) is 3.42. The molecule has 5 heteroatoms. The van der Waals surface area contributed by atoms with Gasteiger partial charge in [0.15, 0.2) is 11.4 Å². The Kier molecular flexibility index (Phi) is 4.03. The van der Waals surface area contributed by atoms with Crippen LogP contribution in [0.4, 0.5) is 0 Å². The minimum absolute atomic E-state index is 0.0213. The van der Waals surface area contributed by atoms with Crippen LogP contribution < -0.4 is 5.32 Å². The summed E-state index contributed by atoms with van der Waals surface area (Å²) in [6.45, 7) is 3.96. The number of nitrogens with zero attached hydrogens (tertiary/aromatic N) is 2. The van der Waals surface area contributed by atoms with E-state index in [4.69, 9.17) is 0 Å². The summed E-state index contributed by atoms with van der Waals surface area (Å²) in [7, 11) is 0. The van der Waals surface area contributed by atoms with Crippen molar-refractivity contribution in [2.45, 2.75) is 32.7 Å². The van der Waals surface area contributed by atoms with Crippen molar-refractivity contribution in [2.24, 2.45) is 0 Å². The monoisotopic (exact) mass is 209 g/mol. The third kappa shape index (κ3) is 3.19. The number of aromatic hydroxyl groups is 1. The molecule has 1 aromatic rings. The summed E-state index contributed by atoms with van der Waals surface area (Å²) >= 11 is 0. The summed E-state index contributed by atoms with van der Waals surface area (Å²) in [6, 6.07) is 0.0804. The third-order valence-corrected chi connectivity index (χ3v) is 2.01. The van der Waals surface area contributed by atoms with Crippen molar-refractivity contribution in [1.29, 1.82) is 0 Å². The van der Waals surface area contributed by atoms with Gasteiger partial charge in [-0.1, -0.05) is 13.3 Å². The number of carbonyl (C=O) groups is 1. The van der Waals surface area contributed by atoms with E-state index in [1.165, 1.54) is 12.5 Å². The number of hydrogen-bond acceptors (Lipinski definition) is 4. The van der Waals surface area contributed by atoms with Crippen LogP contribution in [0.15, 0.2) is 12.5 Å². The third-order valence-electron chi connectivity index (χ3n) is 2.01. The van der Waals surface area contributed by atoms with Gasteiger partial charge in [0.1, 0.15) is 6.33 Å². The Bertz CT molecular complexity index is 341. The molecule has 0 aromatic carbocycles. The van der Waals surface area contributed by atoms with Crippen LogP contribution in [-0.2, 0) is 0 Å². The zero-order valence-electron chi connectivity index (χ0n) is 8.90. The van der Waals surface area contributed by atoms with Gasteiger partial charge in [-0.3, -0.25) is 4.79 Å². The Balaban J connectivity index is 2.65. The van der Waals surface area contributed by atoms with E-state index in [1.54, 1.807) is 0 Å². The summed E-state index contributed by atoms with van der Waals surface area (Å²) in [5.74, 6) is -0.561. The fourth-order valence-electron chi connectivity index (χ4n) is 1.29. The number of hydrogen-bond donors (Lipinski definition) is 2. The van der Waals surface area contributed by atoms with Crippen LogP contribution in [0.25, 0.3) is 0 Å². The highest BCUT2D eigenvalue weighted by molar-refractivity contribution is 5.94. The van der Waals surface area contributed by atoms with E-state index in [2.05, 4.69) is 15.3 Å². The minimum Gasteiger partial charge on any atom is -0.504 e. The zero-order valence-corrected chi connectivity index (χ0v) is 8.90. The van der Waals surface area contributed by atoms with Crippen molar-refractivity contribution in [3.8, 4) is 5.75 Å². The lowest BCUT2D eigenvalue weighted by Crippen LogP contribution is -2.32. The molecule has 1 unspecified atom stereocenters. The van der Waals surface area contributed by atoms with Crippen molar-refractivity contribution in [1.82, 2.24) is 15.3 Å². The molecule has 0 saturated heterocycles. The van der Waals surface area contributed by atoms with E-state index in [-0.39, 0.29) is 23.4 Å². The first-order valence-electron chi connectivity index (χ1n) is 4.95. The van der Waals surface area contributed by atoms with Crippen molar-refractivity contribution >= 4 is 5.91 Å². The van der Waals surface area contributed by atoms with Gasteiger partial charge >= 0.3 is 0 Å². The quantitative estimate of drug-likeness (QED) is 0.778. The second-order valence-corrected chi connectivity index (χ2v) is 3.42. The Morgan fingerprint density at radius 2 is 2.40 bits per heavy atom. The van der Waals surface area contributed by atoms with Crippen LogP contribution in [0.5, 0.6) is 5.75 Å². The normalized spacial score (nSPS) is 12.1. The molecule has 0 fully saturated rings. The number of rotatable bonds is 4. The van der Waals surface area contributed by atoms with Crippen LogP contribution >= 0.6 is 0 Å². The first-order valence-corrected chi connectivity index (χ1v) is 4.95. The summed E-state index contributed by atoms with van der Waals surface area (Å²) in [6.07, 6.45) is 4.33. The SMILES string of the molecule is CCCC(C)NC(=O)c1ncncc1O. The van der Waals surface area contributed by atoms with E-state index in [0.29, 0.717) is 0 Å². The Labute approximate surface area is 88.6 Å². The van der Waals surface area contributed by atoms with E-state index in [1.807, 2.05) is 13.8 Å². The second kappa shape index (κ2) is 5.29. The average molecular weight is 209 g/mol. The topological polar surface area (TPSA) is 75.1 Å². The number of aromatic nitrogens is 2. The predicted molar refractivity (Wildman–Crippen MR) is 55.5 cm³/mol.